The van der Waals surface area contributed by atoms with Crippen molar-refractivity contribution in [2.45, 2.75) is 59.3 Å². The Kier molecular flexibility index (Phi) is 12.1. The molecule has 1 aromatic heterocycles. The quantitative estimate of drug-likeness (QED) is 0.278. The molecule has 1 heterocycles. The number of unbranched alkanes of at least 4 members (excludes halogenated alkanes) is 1. The predicted octanol–water partition coefficient (Wildman–Crippen LogP) is 3.44. The van der Waals surface area contributed by atoms with Gasteiger partial charge in [0.25, 0.3) is 0 Å². The Hall–Kier alpha value is -0.860. The first-order chi connectivity index (χ1) is 10.6. The van der Waals surface area contributed by atoms with Crippen molar-refractivity contribution in [3.05, 3.63) is 11.7 Å². The van der Waals surface area contributed by atoms with Gasteiger partial charge >= 0.3 is 0 Å². The number of guanidine groups is 1. The van der Waals surface area contributed by atoms with E-state index in [4.69, 9.17) is 4.52 Å². The van der Waals surface area contributed by atoms with Crippen LogP contribution in [0.15, 0.2) is 9.52 Å². The van der Waals surface area contributed by atoms with Gasteiger partial charge in [-0.1, -0.05) is 32.3 Å². The zero-order chi connectivity index (χ0) is 16.4. The highest BCUT2D eigenvalue weighted by molar-refractivity contribution is 14.0. The van der Waals surface area contributed by atoms with Gasteiger partial charge in [-0.05, 0) is 19.8 Å². The topological polar surface area (TPSA) is 66.5 Å². The van der Waals surface area contributed by atoms with E-state index >= 15 is 0 Å². The molecule has 0 aliphatic rings. The summed E-state index contributed by atoms with van der Waals surface area (Å²) >= 11 is 0. The Labute approximate surface area is 157 Å². The molecule has 7 heteroatoms. The number of hydrogen-bond donors (Lipinski definition) is 1. The van der Waals surface area contributed by atoms with Crippen LogP contribution in [-0.4, -0.2) is 47.7 Å². The number of nitrogens with one attached hydrogen (secondary N) is 1. The molecule has 134 valence electrons. The fourth-order valence-corrected chi connectivity index (χ4v) is 1.99. The van der Waals surface area contributed by atoms with Crippen molar-refractivity contribution in [3.8, 4) is 0 Å². The summed E-state index contributed by atoms with van der Waals surface area (Å²) in [5.41, 5.74) is 0. The summed E-state index contributed by atoms with van der Waals surface area (Å²) in [6, 6.07) is 0. The van der Waals surface area contributed by atoms with Crippen molar-refractivity contribution in [2.24, 2.45) is 4.99 Å². The average Bonchev–Trinajstić information content (AvgIpc) is 2.97. The number of aromatic nitrogens is 2. The van der Waals surface area contributed by atoms with Crippen LogP contribution in [-0.2, 0) is 6.42 Å². The van der Waals surface area contributed by atoms with E-state index in [0.29, 0.717) is 11.8 Å². The van der Waals surface area contributed by atoms with E-state index in [0.717, 1.165) is 44.3 Å². The van der Waals surface area contributed by atoms with Crippen LogP contribution in [0.1, 0.15) is 64.6 Å². The fraction of sp³-hybridized carbons (Fsp3) is 0.812. The summed E-state index contributed by atoms with van der Waals surface area (Å²) in [5, 5.41) is 7.31. The lowest BCUT2D eigenvalue weighted by Crippen LogP contribution is -2.39. The van der Waals surface area contributed by atoms with E-state index in [-0.39, 0.29) is 24.0 Å². The van der Waals surface area contributed by atoms with Gasteiger partial charge < -0.3 is 14.7 Å². The van der Waals surface area contributed by atoms with E-state index in [1.807, 2.05) is 0 Å². The zero-order valence-electron chi connectivity index (χ0n) is 15.1. The molecule has 0 saturated carbocycles. The van der Waals surface area contributed by atoms with Crippen LogP contribution in [0.2, 0.25) is 0 Å². The van der Waals surface area contributed by atoms with Crippen molar-refractivity contribution < 1.29 is 4.52 Å². The van der Waals surface area contributed by atoms with Gasteiger partial charge in [0.05, 0.1) is 0 Å². The number of hydrogen-bond acceptors (Lipinski definition) is 4. The first-order valence-electron chi connectivity index (χ1n) is 8.40. The highest BCUT2D eigenvalue weighted by atomic mass is 127. The van der Waals surface area contributed by atoms with E-state index in [1.54, 1.807) is 0 Å². The first-order valence-corrected chi connectivity index (χ1v) is 8.40. The number of rotatable bonds is 9. The SMILES string of the molecule is CCCCN(C)C(=NCCCc1nc(C(C)C)no1)NCC.I. The molecule has 0 bridgehead atoms. The zero-order valence-corrected chi connectivity index (χ0v) is 17.5. The molecule has 23 heavy (non-hydrogen) atoms. The molecule has 0 fully saturated rings. The summed E-state index contributed by atoms with van der Waals surface area (Å²) in [5.74, 6) is 2.78. The highest BCUT2D eigenvalue weighted by Crippen LogP contribution is 2.10. The van der Waals surface area contributed by atoms with Crippen LogP contribution in [0, 0.1) is 0 Å². The molecule has 1 N–H and O–H groups in total. The second kappa shape index (κ2) is 12.5. The molecule has 1 aromatic rings. The van der Waals surface area contributed by atoms with Gasteiger partial charge in [0, 0.05) is 39.0 Å². The Morgan fingerprint density at radius 3 is 2.61 bits per heavy atom. The second-order valence-electron chi connectivity index (χ2n) is 5.82. The molecule has 0 atom stereocenters. The highest BCUT2D eigenvalue weighted by Gasteiger charge is 2.09. The van der Waals surface area contributed by atoms with E-state index < -0.39 is 0 Å². The minimum absolute atomic E-state index is 0. The molecule has 0 amide bonds. The van der Waals surface area contributed by atoms with Crippen LogP contribution < -0.4 is 5.32 Å². The third-order valence-corrected chi connectivity index (χ3v) is 3.35. The summed E-state index contributed by atoms with van der Waals surface area (Å²) < 4.78 is 5.25. The molecule has 0 saturated heterocycles. The van der Waals surface area contributed by atoms with E-state index in [2.05, 4.69) is 60.1 Å². The van der Waals surface area contributed by atoms with Crippen molar-refractivity contribution in [1.29, 1.82) is 0 Å². The number of aryl methyl sites for hydroxylation is 1. The van der Waals surface area contributed by atoms with Crippen molar-refractivity contribution in [2.75, 3.05) is 26.7 Å². The third-order valence-electron chi connectivity index (χ3n) is 3.35. The Morgan fingerprint density at radius 1 is 1.30 bits per heavy atom. The predicted molar refractivity (Wildman–Crippen MR) is 106 cm³/mol. The van der Waals surface area contributed by atoms with Crippen molar-refractivity contribution in [3.63, 3.8) is 0 Å². The lowest BCUT2D eigenvalue weighted by atomic mass is 10.2. The Bertz CT molecular complexity index is 447. The Balaban J connectivity index is 0.00000484. The van der Waals surface area contributed by atoms with Crippen LogP contribution in [0.5, 0.6) is 0 Å². The van der Waals surface area contributed by atoms with Gasteiger partial charge in [-0.3, -0.25) is 4.99 Å². The Morgan fingerprint density at radius 2 is 2.04 bits per heavy atom. The van der Waals surface area contributed by atoms with Crippen molar-refractivity contribution in [1.82, 2.24) is 20.4 Å². The largest absolute Gasteiger partial charge is 0.357 e. The molecular formula is C16H32IN5O. The van der Waals surface area contributed by atoms with Gasteiger partial charge in [-0.25, -0.2) is 0 Å². The lowest BCUT2D eigenvalue weighted by molar-refractivity contribution is 0.369. The van der Waals surface area contributed by atoms with Gasteiger partial charge in [0.2, 0.25) is 5.89 Å². The van der Waals surface area contributed by atoms with Crippen molar-refractivity contribution >= 4 is 29.9 Å². The molecular weight excluding hydrogens is 405 g/mol. The normalized spacial score (nSPS) is 11.5. The van der Waals surface area contributed by atoms with Gasteiger partial charge in [-0.15, -0.1) is 24.0 Å². The monoisotopic (exact) mass is 437 g/mol. The summed E-state index contributed by atoms with van der Waals surface area (Å²) in [6.07, 6.45) is 4.07. The number of halogens is 1. The molecule has 0 aliphatic carbocycles. The molecule has 0 spiro atoms. The maximum atomic E-state index is 5.25. The average molecular weight is 437 g/mol. The molecule has 6 nitrogen and oxygen atoms in total. The smallest absolute Gasteiger partial charge is 0.226 e. The maximum absolute atomic E-state index is 5.25. The number of aliphatic imine (C=N–C) groups is 1. The van der Waals surface area contributed by atoms with Crippen LogP contribution >= 0.6 is 24.0 Å². The van der Waals surface area contributed by atoms with Crippen LogP contribution in [0.3, 0.4) is 0 Å². The molecule has 1 rings (SSSR count). The first kappa shape index (κ1) is 22.1. The van der Waals surface area contributed by atoms with E-state index in [1.165, 1.54) is 12.8 Å². The van der Waals surface area contributed by atoms with Gasteiger partial charge in [0.15, 0.2) is 11.8 Å². The standard InChI is InChI=1S/C16H31N5O.HI/c1-6-8-12-21(5)16(17-7-2)18-11-9-10-14-19-15(13(3)4)20-22-14;/h13H,6-12H2,1-5H3,(H,17,18);1H. The molecule has 0 aromatic carbocycles. The van der Waals surface area contributed by atoms with E-state index in [9.17, 15) is 0 Å². The second-order valence-corrected chi connectivity index (χ2v) is 5.82. The maximum Gasteiger partial charge on any atom is 0.226 e. The van der Waals surface area contributed by atoms with Gasteiger partial charge in [0.1, 0.15) is 0 Å². The molecule has 0 unspecified atom stereocenters. The summed E-state index contributed by atoms with van der Waals surface area (Å²) in [4.78, 5) is 11.2. The minimum atomic E-state index is 0. The fourth-order valence-electron chi connectivity index (χ4n) is 1.99. The van der Waals surface area contributed by atoms with Crippen LogP contribution in [0.25, 0.3) is 0 Å². The lowest BCUT2D eigenvalue weighted by Gasteiger charge is -2.21. The summed E-state index contributed by atoms with van der Waals surface area (Å²) in [6.45, 7) is 11.1. The third kappa shape index (κ3) is 8.53. The van der Waals surface area contributed by atoms with Gasteiger partial charge in [-0.2, -0.15) is 4.98 Å². The van der Waals surface area contributed by atoms with Crippen LogP contribution in [0.4, 0.5) is 0 Å². The minimum Gasteiger partial charge on any atom is -0.357 e. The molecule has 0 radical (unpaired) electrons. The summed E-state index contributed by atoms with van der Waals surface area (Å²) in [7, 11) is 2.09. The number of nitrogens with zero attached hydrogens (tertiary/aromatic N) is 4. The molecule has 0 aliphatic heterocycles.